The zero-order valence-electron chi connectivity index (χ0n) is 14.8. The first-order valence-electron chi connectivity index (χ1n) is 8.87. The lowest BCUT2D eigenvalue weighted by atomic mass is 10.1. The fourth-order valence-corrected chi connectivity index (χ4v) is 3.06. The molecular weight excluding hydrogens is 334 g/mol. The molecule has 0 spiro atoms. The smallest absolute Gasteiger partial charge is 0.256 e. The molecule has 0 aliphatic heterocycles. The van der Waals surface area contributed by atoms with Gasteiger partial charge in [-0.25, -0.2) is 0 Å². The highest BCUT2D eigenvalue weighted by atomic mass is 16.2. The number of para-hydroxylation sites is 1. The van der Waals surface area contributed by atoms with E-state index < -0.39 is 0 Å². The normalized spacial score (nSPS) is 10.7. The maximum Gasteiger partial charge on any atom is 0.256 e. The Morgan fingerprint density at radius 1 is 0.815 bits per heavy atom. The van der Waals surface area contributed by atoms with Gasteiger partial charge in [0.05, 0.1) is 23.3 Å². The summed E-state index contributed by atoms with van der Waals surface area (Å²) in [4.78, 5) is 23.9. The van der Waals surface area contributed by atoms with Crippen LogP contribution in [0.15, 0.2) is 91.3 Å². The summed E-state index contributed by atoms with van der Waals surface area (Å²) < 4.78 is 0. The summed E-state index contributed by atoms with van der Waals surface area (Å²) in [5.41, 5.74) is 3.40. The van der Waals surface area contributed by atoms with Crippen LogP contribution >= 0.6 is 0 Å². The molecule has 4 nitrogen and oxygen atoms in total. The molecule has 2 aromatic carbocycles. The fraction of sp³-hybridized carbons (Fsp3) is 0.0870. The van der Waals surface area contributed by atoms with E-state index in [1.807, 2.05) is 83.8 Å². The number of amides is 1. The number of benzene rings is 2. The highest BCUT2D eigenvalue weighted by Gasteiger charge is 2.18. The zero-order chi connectivity index (χ0) is 18.5. The summed E-state index contributed by atoms with van der Waals surface area (Å²) in [7, 11) is 0. The van der Waals surface area contributed by atoms with Crippen LogP contribution in [0, 0.1) is 0 Å². The summed E-state index contributed by atoms with van der Waals surface area (Å²) in [6.07, 6.45) is 3.40. The first-order valence-corrected chi connectivity index (χ1v) is 8.87. The van der Waals surface area contributed by atoms with Crippen molar-refractivity contribution in [1.29, 1.82) is 0 Å². The number of fused-ring (bicyclic) bond motifs is 1. The highest BCUT2D eigenvalue weighted by Crippen LogP contribution is 2.17. The molecule has 4 rings (SSSR count). The molecule has 2 aromatic heterocycles. The number of carbonyl (C=O) groups is 1. The number of hydrogen-bond donors (Lipinski definition) is 0. The van der Waals surface area contributed by atoms with Crippen LogP contribution in [0.2, 0.25) is 0 Å². The number of aromatic nitrogens is 2. The number of hydrogen-bond acceptors (Lipinski definition) is 3. The third-order valence-electron chi connectivity index (χ3n) is 4.42. The number of pyridine rings is 2. The van der Waals surface area contributed by atoms with Gasteiger partial charge in [-0.15, -0.1) is 0 Å². The second kappa shape index (κ2) is 7.79. The lowest BCUT2D eigenvalue weighted by Crippen LogP contribution is -2.30. The van der Waals surface area contributed by atoms with Crippen molar-refractivity contribution in [3.05, 3.63) is 108 Å². The second-order valence-electron chi connectivity index (χ2n) is 6.38. The van der Waals surface area contributed by atoms with Gasteiger partial charge in [-0.2, -0.15) is 0 Å². The van der Waals surface area contributed by atoms with Gasteiger partial charge in [-0.3, -0.25) is 14.8 Å². The predicted molar refractivity (Wildman–Crippen MR) is 106 cm³/mol. The van der Waals surface area contributed by atoms with Gasteiger partial charge >= 0.3 is 0 Å². The topological polar surface area (TPSA) is 46.1 Å². The molecule has 4 heteroatoms. The van der Waals surface area contributed by atoms with Crippen molar-refractivity contribution in [2.24, 2.45) is 0 Å². The Hall–Kier alpha value is -3.53. The minimum Gasteiger partial charge on any atom is -0.328 e. The van der Waals surface area contributed by atoms with Crippen molar-refractivity contribution in [2.75, 3.05) is 0 Å². The Kier molecular flexibility index (Phi) is 4.88. The quantitative estimate of drug-likeness (QED) is 0.532. The van der Waals surface area contributed by atoms with Crippen molar-refractivity contribution >= 4 is 16.8 Å². The average Bonchev–Trinajstić information content (AvgIpc) is 2.74. The second-order valence-corrected chi connectivity index (χ2v) is 6.38. The molecular formula is C23H19N3O. The minimum absolute atomic E-state index is 0.0530. The van der Waals surface area contributed by atoms with Gasteiger partial charge in [-0.1, -0.05) is 54.6 Å². The van der Waals surface area contributed by atoms with Crippen LogP contribution in [0.5, 0.6) is 0 Å². The van der Waals surface area contributed by atoms with E-state index in [-0.39, 0.29) is 5.91 Å². The number of carbonyl (C=O) groups excluding carboxylic acids is 1. The maximum atomic E-state index is 13.3. The Labute approximate surface area is 158 Å². The molecule has 4 aromatic rings. The van der Waals surface area contributed by atoms with E-state index in [0.717, 1.165) is 22.2 Å². The summed E-state index contributed by atoms with van der Waals surface area (Å²) in [6.45, 7) is 0.963. The van der Waals surface area contributed by atoms with Crippen LogP contribution in [-0.2, 0) is 13.1 Å². The number of rotatable bonds is 5. The van der Waals surface area contributed by atoms with Crippen LogP contribution in [0.3, 0.4) is 0 Å². The van der Waals surface area contributed by atoms with E-state index in [4.69, 9.17) is 0 Å². The van der Waals surface area contributed by atoms with Crippen molar-refractivity contribution in [1.82, 2.24) is 14.9 Å². The molecule has 1 amide bonds. The highest BCUT2D eigenvalue weighted by molar-refractivity contribution is 5.97. The number of nitrogens with zero attached hydrogens (tertiary/aromatic N) is 3. The largest absolute Gasteiger partial charge is 0.328 e. The molecule has 0 unspecified atom stereocenters. The molecule has 0 bridgehead atoms. The van der Waals surface area contributed by atoms with Gasteiger partial charge in [0, 0.05) is 24.3 Å². The van der Waals surface area contributed by atoms with E-state index >= 15 is 0 Å². The molecule has 132 valence electrons. The molecule has 0 fully saturated rings. The molecule has 0 radical (unpaired) electrons. The first kappa shape index (κ1) is 16.9. The minimum atomic E-state index is -0.0530. The first-order chi connectivity index (χ1) is 13.3. The van der Waals surface area contributed by atoms with Gasteiger partial charge < -0.3 is 4.90 Å². The monoisotopic (exact) mass is 353 g/mol. The standard InChI is InChI=1S/C23H19N3O/c27-23(20-14-19-10-4-5-12-22(19)25-15-20)26(16-18-8-2-1-3-9-18)17-21-11-6-7-13-24-21/h1-15H,16-17H2. The molecule has 0 aliphatic rings. The third kappa shape index (κ3) is 4.01. The van der Waals surface area contributed by atoms with Crippen molar-refractivity contribution in [3.63, 3.8) is 0 Å². The molecule has 0 aliphatic carbocycles. The Bertz CT molecular complexity index is 1010. The molecule has 0 saturated heterocycles. The average molecular weight is 353 g/mol. The molecule has 0 atom stereocenters. The Balaban J connectivity index is 1.66. The van der Waals surface area contributed by atoms with Gasteiger partial charge in [0.15, 0.2) is 0 Å². The van der Waals surface area contributed by atoms with E-state index in [0.29, 0.717) is 18.7 Å². The van der Waals surface area contributed by atoms with Gasteiger partial charge in [0.25, 0.3) is 5.91 Å². The molecule has 0 N–H and O–H groups in total. The third-order valence-corrected chi connectivity index (χ3v) is 4.42. The van der Waals surface area contributed by atoms with Gasteiger partial charge in [0.1, 0.15) is 0 Å². The summed E-state index contributed by atoms with van der Waals surface area (Å²) in [5.74, 6) is -0.0530. The van der Waals surface area contributed by atoms with Crippen LogP contribution in [0.1, 0.15) is 21.6 Å². The lowest BCUT2D eigenvalue weighted by molar-refractivity contribution is 0.0727. The lowest BCUT2D eigenvalue weighted by Gasteiger charge is -2.23. The van der Waals surface area contributed by atoms with Crippen molar-refractivity contribution in [3.8, 4) is 0 Å². The molecule has 0 saturated carbocycles. The molecule has 27 heavy (non-hydrogen) atoms. The SMILES string of the molecule is O=C(c1cnc2ccccc2c1)N(Cc1ccccc1)Cc1ccccn1. The van der Waals surface area contributed by atoms with E-state index in [1.165, 1.54) is 0 Å². The van der Waals surface area contributed by atoms with Gasteiger partial charge in [0.2, 0.25) is 0 Å². The van der Waals surface area contributed by atoms with Crippen LogP contribution < -0.4 is 0 Å². The Morgan fingerprint density at radius 2 is 1.59 bits per heavy atom. The summed E-state index contributed by atoms with van der Waals surface area (Å²) in [6, 6.07) is 25.4. The maximum absolute atomic E-state index is 13.3. The van der Waals surface area contributed by atoms with Crippen LogP contribution in [-0.4, -0.2) is 20.8 Å². The van der Waals surface area contributed by atoms with E-state index in [9.17, 15) is 4.79 Å². The van der Waals surface area contributed by atoms with E-state index in [1.54, 1.807) is 12.4 Å². The van der Waals surface area contributed by atoms with E-state index in [2.05, 4.69) is 9.97 Å². The Morgan fingerprint density at radius 3 is 2.41 bits per heavy atom. The summed E-state index contributed by atoms with van der Waals surface area (Å²) in [5, 5.41) is 0.959. The summed E-state index contributed by atoms with van der Waals surface area (Å²) >= 11 is 0. The predicted octanol–water partition coefficient (Wildman–Crippen LogP) is 4.47. The van der Waals surface area contributed by atoms with Crippen molar-refractivity contribution in [2.45, 2.75) is 13.1 Å². The van der Waals surface area contributed by atoms with Crippen LogP contribution in [0.25, 0.3) is 10.9 Å². The molecule has 2 heterocycles. The van der Waals surface area contributed by atoms with Gasteiger partial charge in [-0.05, 0) is 29.8 Å². The van der Waals surface area contributed by atoms with Crippen molar-refractivity contribution < 1.29 is 4.79 Å². The van der Waals surface area contributed by atoms with Crippen LogP contribution in [0.4, 0.5) is 0 Å². The zero-order valence-corrected chi connectivity index (χ0v) is 14.8. The fourth-order valence-electron chi connectivity index (χ4n) is 3.06.